The molecule has 2 amide bonds. The Hall–Kier alpha value is -4.12. The third kappa shape index (κ3) is 6.20. The largest absolute Gasteiger partial charge is 0.573 e. The van der Waals surface area contributed by atoms with Crippen LogP contribution in [0.15, 0.2) is 66.7 Å². The van der Waals surface area contributed by atoms with Gasteiger partial charge in [-0.1, -0.05) is 23.7 Å². The highest BCUT2D eigenvalue weighted by molar-refractivity contribution is 6.34. The first-order chi connectivity index (χ1) is 15.5. The Labute approximate surface area is 189 Å². The van der Waals surface area contributed by atoms with Gasteiger partial charge in [0.05, 0.1) is 26.8 Å². The van der Waals surface area contributed by atoms with Crippen molar-refractivity contribution in [2.75, 3.05) is 10.6 Å². The van der Waals surface area contributed by atoms with E-state index in [9.17, 15) is 32.9 Å². The minimum atomic E-state index is -4.84. The molecule has 0 aliphatic heterocycles. The molecule has 0 aliphatic carbocycles. The van der Waals surface area contributed by atoms with E-state index in [-0.39, 0.29) is 33.2 Å². The first-order valence-electron chi connectivity index (χ1n) is 9.05. The number of carbonyl (C=O) groups excluding carboxylic acids is 2. The highest BCUT2D eigenvalue weighted by Crippen LogP contribution is 2.26. The van der Waals surface area contributed by atoms with Gasteiger partial charge in [0, 0.05) is 17.8 Å². The number of nitro benzene ring substituents is 1. The van der Waals surface area contributed by atoms with Gasteiger partial charge in [0.25, 0.3) is 17.5 Å². The van der Waals surface area contributed by atoms with Crippen LogP contribution in [0, 0.1) is 10.1 Å². The number of nitro groups is 1. The number of carbonyl (C=O) groups is 2. The smallest absolute Gasteiger partial charge is 0.406 e. The number of anilines is 2. The van der Waals surface area contributed by atoms with Crippen molar-refractivity contribution >= 4 is 40.5 Å². The second-order valence-corrected chi connectivity index (χ2v) is 6.85. The quantitative estimate of drug-likeness (QED) is 0.350. The first-order valence-corrected chi connectivity index (χ1v) is 9.43. The zero-order valence-corrected chi connectivity index (χ0v) is 17.1. The lowest BCUT2D eigenvalue weighted by atomic mass is 10.1. The minimum Gasteiger partial charge on any atom is -0.406 e. The second-order valence-electron chi connectivity index (χ2n) is 6.45. The minimum absolute atomic E-state index is 0.0438. The lowest BCUT2D eigenvalue weighted by Gasteiger charge is -2.13. The molecule has 0 aromatic heterocycles. The van der Waals surface area contributed by atoms with Gasteiger partial charge >= 0.3 is 6.36 Å². The molecule has 0 unspecified atom stereocenters. The molecule has 0 aliphatic rings. The monoisotopic (exact) mass is 479 g/mol. The second kappa shape index (κ2) is 9.57. The summed E-state index contributed by atoms with van der Waals surface area (Å²) in [4.78, 5) is 35.4. The number of ether oxygens (including phenoxy) is 1. The van der Waals surface area contributed by atoms with Crippen LogP contribution in [0.2, 0.25) is 5.02 Å². The van der Waals surface area contributed by atoms with Crippen LogP contribution in [-0.2, 0) is 0 Å². The van der Waals surface area contributed by atoms with E-state index in [0.717, 1.165) is 24.3 Å². The fourth-order valence-corrected chi connectivity index (χ4v) is 2.98. The summed E-state index contributed by atoms with van der Waals surface area (Å²) in [7, 11) is 0. The van der Waals surface area contributed by atoms with Crippen LogP contribution in [0.5, 0.6) is 5.75 Å². The molecule has 0 atom stereocenters. The molecule has 3 aromatic carbocycles. The van der Waals surface area contributed by atoms with E-state index in [1.54, 1.807) is 12.1 Å². The molecule has 2 N–H and O–H groups in total. The van der Waals surface area contributed by atoms with Gasteiger partial charge < -0.3 is 15.4 Å². The summed E-state index contributed by atoms with van der Waals surface area (Å²) >= 11 is 5.97. The fourth-order valence-electron chi connectivity index (χ4n) is 2.72. The van der Waals surface area contributed by atoms with E-state index in [4.69, 9.17) is 11.6 Å². The Bertz CT molecular complexity index is 1220. The van der Waals surface area contributed by atoms with Crippen LogP contribution in [0.25, 0.3) is 0 Å². The molecule has 0 spiro atoms. The van der Waals surface area contributed by atoms with Gasteiger partial charge in [-0.2, -0.15) is 0 Å². The van der Waals surface area contributed by atoms with E-state index in [0.29, 0.717) is 0 Å². The summed E-state index contributed by atoms with van der Waals surface area (Å²) in [5, 5.41) is 15.7. The number of nitrogens with one attached hydrogen (secondary N) is 2. The molecule has 12 heteroatoms. The van der Waals surface area contributed by atoms with Crippen LogP contribution in [0.3, 0.4) is 0 Å². The van der Waals surface area contributed by atoms with E-state index in [2.05, 4.69) is 15.4 Å². The number of halogens is 4. The highest BCUT2D eigenvalue weighted by Gasteiger charge is 2.31. The maximum absolute atomic E-state index is 12.7. The molecule has 170 valence electrons. The van der Waals surface area contributed by atoms with Crippen LogP contribution >= 0.6 is 11.6 Å². The number of amides is 2. The lowest BCUT2D eigenvalue weighted by molar-refractivity contribution is -0.384. The molecule has 8 nitrogen and oxygen atoms in total. The predicted molar refractivity (Wildman–Crippen MR) is 114 cm³/mol. The fraction of sp³-hybridized carbons (Fsp3) is 0.0476. The molecule has 0 saturated carbocycles. The summed E-state index contributed by atoms with van der Waals surface area (Å²) in [5.41, 5.74) is 0.0284. The molecule has 0 bridgehead atoms. The summed E-state index contributed by atoms with van der Waals surface area (Å²) in [6.07, 6.45) is -4.84. The molecule has 0 fully saturated rings. The number of para-hydroxylation sites is 1. The van der Waals surface area contributed by atoms with Gasteiger partial charge in [0.1, 0.15) is 5.75 Å². The first kappa shape index (κ1) is 23.5. The van der Waals surface area contributed by atoms with Crippen molar-refractivity contribution in [3.63, 3.8) is 0 Å². The SMILES string of the molecule is O=C(Nc1ccccc1C(=O)Nc1ccc(OC(F)(F)F)cc1)c1ccc([N+](=O)[O-])cc1Cl. The molecule has 3 rings (SSSR count). The van der Waals surface area contributed by atoms with Crippen molar-refractivity contribution in [3.05, 3.63) is 93.0 Å². The van der Waals surface area contributed by atoms with Gasteiger partial charge in [-0.25, -0.2) is 0 Å². The topological polar surface area (TPSA) is 111 Å². The average molecular weight is 480 g/mol. The summed E-state index contributed by atoms with van der Waals surface area (Å²) < 4.78 is 40.6. The molecular formula is C21H13ClF3N3O5. The normalized spacial score (nSPS) is 10.9. The number of benzene rings is 3. The van der Waals surface area contributed by atoms with Crippen LogP contribution < -0.4 is 15.4 Å². The standard InChI is InChI=1S/C21H13ClF3N3O5/c22-17-11-13(28(31)32)7-10-15(17)19(29)27-18-4-2-1-3-16(18)20(30)26-12-5-8-14(9-6-12)33-21(23,24)25/h1-11H,(H,26,30)(H,27,29). The van der Waals surface area contributed by atoms with E-state index < -0.39 is 28.8 Å². The van der Waals surface area contributed by atoms with Gasteiger partial charge in [-0.3, -0.25) is 19.7 Å². The number of alkyl halides is 3. The maximum atomic E-state index is 12.7. The van der Waals surface area contributed by atoms with E-state index in [1.807, 2.05) is 0 Å². The zero-order chi connectivity index (χ0) is 24.2. The summed E-state index contributed by atoms with van der Waals surface area (Å²) in [5.74, 6) is -1.80. The summed E-state index contributed by atoms with van der Waals surface area (Å²) in [6.45, 7) is 0. The molecule has 33 heavy (non-hydrogen) atoms. The third-order valence-electron chi connectivity index (χ3n) is 4.17. The average Bonchev–Trinajstić information content (AvgIpc) is 2.74. The van der Waals surface area contributed by atoms with Crippen LogP contribution in [-0.4, -0.2) is 23.1 Å². The van der Waals surface area contributed by atoms with Gasteiger partial charge in [-0.15, -0.1) is 13.2 Å². The molecular weight excluding hydrogens is 467 g/mol. The van der Waals surface area contributed by atoms with Crippen LogP contribution in [0.1, 0.15) is 20.7 Å². The highest BCUT2D eigenvalue weighted by atomic mass is 35.5. The van der Waals surface area contributed by atoms with Gasteiger partial charge in [0.2, 0.25) is 0 Å². The number of hydrogen-bond acceptors (Lipinski definition) is 5. The predicted octanol–water partition coefficient (Wildman–Crippen LogP) is 5.65. The number of non-ortho nitro benzene ring substituents is 1. The number of nitrogens with zero attached hydrogens (tertiary/aromatic N) is 1. The molecule has 0 radical (unpaired) electrons. The third-order valence-corrected chi connectivity index (χ3v) is 4.49. The zero-order valence-electron chi connectivity index (χ0n) is 16.4. The Morgan fingerprint density at radius 2 is 1.55 bits per heavy atom. The summed E-state index contributed by atoms with van der Waals surface area (Å²) in [6, 6.07) is 13.8. The van der Waals surface area contributed by atoms with Gasteiger partial charge in [0.15, 0.2) is 0 Å². The van der Waals surface area contributed by atoms with Crippen molar-refractivity contribution in [1.82, 2.24) is 0 Å². The number of rotatable bonds is 6. The Morgan fingerprint density at radius 3 is 2.15 bits per heavy atom. The van der Waals surface area contributed by atoms with Crippen molar-refractivity contribution < 1.29 is 32.4 Å². The van der Waals surface area contributed by atoms with Gasteiger partial charge in [-0.05, 0) is 42.5 Å². The molecule has 0 saturated heterocycles. The Morgan fingerprint density at radius 1 is 0.909 bits per heavy atom. The maximum Gasteiger partial charge on any atom is 0.573 e. The molecule has 3 aromatic rings. The molecule has 0 heterocycles. The van der Waals surface area contributed by atoms with Crippen molar-refractivity contribution in [2.45, 2.75) is 6.36 Å². The van der Waals surface area contributed by atoms with Crippen molar-refractivity contribution in [1.29, 1.82) is 0 Å². The van der Waals surface area contributed by atoms with E-state index >= 15 is 0 Å². The number of hydrogen-bond donors (Lipinski definition) is 2. The Kier molecular flexibility index (Phi) is 6.83. The van der Waals surface area contributed by atoms with Crippen molar-refractivity contribution in [2.24, 2.45) is 0 Å². The Balaban J connectivity index is 1.75. The lowest BCUT2D eigenvalue weighted by Crippen LogP contribution is -2.19. The van der Waals surface area contributed by atoms with Crippen LogP contribution in [0.4, 0.5) is 30.2 Å². The van der Waals surface area contributed by atoms with E-state index in [1.165, 1.54) is 30.3 Å². The van der Waals surface area contributed by atoms with Crippen molar-refractivity contribution in [3.8, 4) is 5.75 Å².